The summed E-state index contributed by atoms with van der Waals surface area (Å²) in [5, 5.41) is 8.41. The Morgan fingerprint density at radius 3 is 2.71 bits per heavy atom. The third-order valence-electron chi connectivity index (χ3n) is 3.96. The van der Waals surface area contributed by atoms with E-state index in [1.165, 1.54) is 24.7 Å². The lowest BCUT2D eigenvalue weighted by molar-refractivity contribution is -0.125. The second kappa shape index (κ2) is 9.25. The molecular formula is C18H23F2N5O3. The lowest BCUT2D eigenvalue weighted by Gasteiger charge is -2.31. The largest absolute Gasteiger partial charge is 0.472 e. The molecule has 2 unspecified atom stereocenters. The average Bonchev–Trinajstić information content (AvgIpc) is 2.66. The van der Waals surface area contributed by atoms with Crippen molar-refractivity contribution in [3.63, 3.8) is 0 Å². The Morgan fingerprint density at radius 2 is 2.11 bits per heavy atom. The molecule has 0 spiro atoms. The third-order valence-corrected chi connectivity index (χ3v) is 3.96. The summed E-state index contributed by atoms with van der Waals surface area (Å²) in [5.74, 6) is -0.149. The van der Waals surface area contributed by atoms with Crippen LogP contribution in [0.25, 0.3) is 0 Å². The van der Waals surface area contributed by atoms with E-state index in [-0.39, 0.29) is 17.7 Å². The molecule has 0 aliphatic carbocycles. The van der Waals surface area contributed by atoms with E-state index < -0.39 is 24.6 Å². The van der Waals surface area contributed by atoms with Crippen LogP contribution < -0.4 is 20.7 Å². The smallest absolute Gasteiger partial charge is 0.272 e. The molecule has 1 aliphatic rings. The molecule has 0 fully saturated rings. The fourth-order valence-corrected chi connectivity index (χ4v) is 2.33. The fourth-order valence-electron chi connectivity index (χ4n) is 2.33. The molecule has 1 aliphatic heterocycles. The van der Waals surface area contributed by atoms with Gasteiger partial charge in [-0.3, -0.25) is 14.6 Å². The Kier molecular flexibility index (Phi) is 7.02. The molecule has 3 N–H and O–H groups in total. The molecule has 0 saturated carbocycles. The normalized spacial score (nSPS) is 19.4. The highest BCUT2D eigenvalue weighted by Crippen LogP contribution is 2.17. The second-order valence-electron chi connectivity index (χ2n) is 6.38. The summed E-state index contributed by atoms with van der Waals surface area (Å²) in [4.78, 5) is 32.2. The molecule has 10 heteroatoms. The average molecular weight is 395 g/mol. The Labute approximate surface area is 161 Å². The fraction of sp³-hybridized carbons (Fsp3) is 0.444. The molecule has 2 amide bonds. The number of alkyl halides is 2. The molecule has 0 aromatic carbocycles. The van der Waals surface area contributed by atoms with Gasteiger partial charge in [0.15, 0.2) is 12.1 Å². The quantitative estimate of drug-likeness (QED) is 0.621. The molecule has 2 atom stereocenters. The van der Waals surface area contributed by atoms with E-state index in [2.05, 4.69) is 25.9 Å². The summed E-state index contributed by atoms with van der Waals surface area (Å²) in [6, 6.07) is 2.69. The highest BCUT2D eigenvalue weighted by molar-refractivity contribution is 6.03. The maximum absolute atomic E-state index is 12.7. The number of rotatable bonds is 8. The van der Waals surface area contributed by atoms with Crippen LogP contribution in [0.15, 0.2) is 35.3 Å². The highest BCUT2D eigenvalue weighted by atomic mass is 19.3. The molecule has 0 radical (unpaired) electrons. The van der Waals surface area contributed by atoms with Crippen LogP contribution in [-0.4, -0.2) is 41.6 Å². The minimum atomic E-state index is -2.58. The molecule has 152 valence electrons. The predicted molar refractivity (Wildman–Crippen MR) is 98.8 cm³/mol. The van der Waals surface area contributed by atoms with Gasteiger partial charge in [0.1, 0.15) is 5.82 Å². The Hall–Kier alpha value is -3.04. The SMILES string of the molecule is CCC(=O)NC1=CN=CC(C)(C(=O)NC(C)c2ccc(OCC(F)F)nc2)N1. The van der Waals surface area contributed by atoms with Crippen molar-refractivity contribution in [3.8, 4) is 5.88 Å². The van der Waals surface area contributed by atoms with Gasteiger partial charge in [0.2, 0.25) is 11.8 Å². The van der Waals surface area contributed by atoms with Crippen molar-refractivity contribution >= 4 is 18.0 Å². The number of aromatic nitrogens is 1. The van der Waals surface area contributed by atoms with Crippen LogP contribution in [0.5, 0.6) is 5.88 Å². The van der Waals surface area contributed by atoms with Crippen molar-refractivity contribution in [2.24, 2.45) is 4.99 Å². The number of pyridine rings is 1. The first-order valence-corrected chi connectivity index (χ1v) is 8.74. The molecule has 2 heterocycles. The third kappa shape index (κ3) is 5.73. The summed E-state index contributed by atoms with van der Waals surface area (Å²) in [5.41, 5.74) is -0.489. The number of hydrogen-bond donors (Lipinski definition) is 3. The Balaban J connectivity index is 1.97. The maximum atomic E-state index is 12.7. The van der Waals surface area contributed by atoms with Crippen molar-refractivity contribution in [1.29, 1.82) is 0 Å². The van der Waals surface area contributed by atoms with E-state index in [0.717, 1.165) is 0 Å². The molecular weight excluding hydrogens is 372 g/mol. The molecule has 0 bridgehead atoms. The van der Waals surface area contributed by atoms with Crippen LogP contribution in [0.4, 0.5) is 8.78 Å². The summed E-state index contributed by atoms with van der Waals surface area (Å²) in [6.45, 7) is 4.37. The van der Waals surface area contributed by atoms with Crippen LogP contribution in [0, 0.1) is 0 Å². The van der Waals surface area contributed by atoms with E-state index in [1.807, 2.05) is 0 Å². The number of aliphatic imine (C=N–C) groups is 1. The molecule has 28 heavy (non-hydrogen) atoms. The van der Waals surface area contributed by atoms with Crippen molar-refractivity contribution in [2.75, 3.05) is 6.61 Å². The molecule has 2 rings (SSSR count). The van der Waals surface area contributed by atoms with Gasteiger partial charge in [0.05, 0.1) is 12.2 Å². The monoisotopic (exact) mass is 395 g/mol. The topological polar surface area (TPSA) is 105 Å². The lowest BCUT2D eigenvalue weighted by Crippen LogP contribution is -2.58. The van der Waals surface area contributed by atoms with Gasteiger partial charge in [-0.15, -0.1) is 0 Å². The van der Waals surface area contributed by atoms with Crippen LogP contribution in [0.2, 0.25) is 0 Å². The first-order valence-electron chi connectivity index (χ1n) is 8.74. The Morgan fingerprint density at radius 1 is 1.36 bits per heavy atom. The molecule has 8 nitrogen and oxygen atoms in total. The number of halogens is 2. The number of nitrogens with zero attached hydrogens (tertiary/aromatic N) is 2. The van der Waals surface area contributed by atoms with Crippen LogP contribution >= 0.6 is 0 Å². The second-order valence-corrected chi connectivity index (χ2v) is 6.38. The van der Waals surface area contributed by atoms with Crippen LogP contribution in [-0.2, 0) is 9.59 Å². The van der Waals surface area contributed by atoms with Gasteiger partial charge < -0.3 is 20.7 Å². The van der Waals surface area contributed by atoms with Crippen molar-refractivity contribution in [1.82, 2.24) is 20.9 Å². The van der Waals surface area contributed by atoms with Gasteiger partial charge in [-0.1, -0.05) is 13.0 Å². The Bertz CT molecular complexity index is 767. The minimum absolute atomic E-state index is 0.0806. The zero-order valence-corrected chi connectivity index (χ0v) is 15.8. The van der Waals surface area contributed by atoms with Crippen LogP contribution in [0.3, 0.4) is 0 Å². The highest BCUT2D eigenvalue weighted by Gasteiger charge is 2.34. The first-order chi connectivity index (χ1) is 13.2. The number of hydrogen-bond acceptors (Lipinski definition) is 6. The van der Waals surface area contributed by atoms with E-state index in [1.54, 1.807) is 26.8 Å². The number of amides is 2. The molecule has 1 aromatic heterocycles. The number of carbonyl (C=O) groups excluding carboxylic acids is 2. The maximum Gasteiger partial charge on any atom is 0.272 e. The lowest BCUT2D eigenvalue weighted by atomic mass is 10.0. The molecule has 0 saturated heterocycles. The van der Waals surface area contributed by atoms with Crippen molar-refractivity contribution in [2.45, 2.75) is 45.2 Å². The minimum Gasteiger partial charge on any atom is -0.472 e. The van der Waals surface area contributed by atoms with Gasteiger partial charge in [0, 0.05) is 24.9 Å². The summed E-state index contributed by atoms with van der Waals surface area (Å²) in [6.07, 6.45) is 2.03. The van der Waals surface area contributed by atoms with E-state index in [9.17, 15) is 18.4 Å². The summed E-state index contributed by atoms with van der Waals surface area (Å²) in [7, 11) is 0. The zero-order valence-electron chi connectivity index (χ0n) is 15.8. The van der Waals surface area contributed by atoms with Crippen LogP contribution in [0.1, 0.15) is 38.8 Å². The summed E-state index contributed by atoms with van der Waals surface area (Å²) < 4.78 is 29.1. The standard InChI is InChI=1S/C18H23F2N5O3/c1-4-15(26)24-14-8-21-10-18(3,25-14)17(27)23-11(2)12-5-6-16(22-7-12)28-9-13(19)20/h5-8,10-11,13,25H,4,9H2,1-3H3,(H,23,27)(H,24,26). The predicted octanol–water partition coefficient (Wildman–Crippen LogP) is 1.66. The number of ether oxygens (including phenoxy) is 1. The van der Waals surface area contributed by atoms with E-state index in [0.29, 0.717) is 17.8 Å². The van der Waals surface area contributed by atoms with Gasteiger partial charge >= 0.3 is 0 Å². The van der Waals surface area contributed by atoms with Gasteiger partial charge in [-0.05, 0) is 19.4 Å². The molecule has 1 aromatic rings. The zero-order chi connectivity index (χ0) is 20.7. The van der Waals surface area contributed by atoms with Crippen molar-refractivity contribution in [3.05, 3.63) is 35.9 Å². The number of nitrogens with one attached hydrogen (secondary N) is 3. The van der Waals surface area contributed by atoms with Gasteiger partial charge in [-0.25, -0.2) is 13.8 Å². The number of carbonyl (C=O) groups is 2. The van der Waals surface area contributed by atoms with Gasteiger partial charge in [0.25, 0.3) is 12.3 Å². The van der Waals surface area contributed by atoms with Gasteiger partial charge in [-0.2, -0.15) is 0 Å². The van der Waals surface area contributed by atoms with E-state index in [4.69, 9.17) is 4.74 Å². The van der Waals surface area contributed by atoms with E-state index >= 15 is 0 Å². The van der Waals surface area contributed by atoms with Crippen molar-refractivity contribution < 1.29 is 23.1 Å². The summed E-state index contributed by atoms with van der Waals surface area (Å²) >= 11 is 0. The first kappa shape index (κ1) is 21.3.